The lowest BCUT2D eigenvalue weighted by Gasteiger charge is -2.35. The molecule has 12 heteroatoms. The van der Waals surface area contributed by atoms with E-state index in [0.717, 1.165) is 31.4 Å². The zero-order valence-electron chi connectivity index (χ0n) is 20.9. The van der Waals surface area contributed by atoms with Gasteiger partial charge >= 0.3 is 12.1 Å². The Kier molecular flexibility index (Phi) is 6.99. The quantitative estimate of drug-likeness (QED) is 0.408. The van der Waals surface area contributed by atoms with E-state index in [1.54, 1.807) is 6.08 Å². The van der Waals surface area contributed by atoms with Crippen molar-refractivity contribution < 1.29 is 27.8 Å². The highest BCUT2D eigenvalue weighted by atomic mass is 19.4. The van der Waals surface area contributed by atoms with Crippen LogP contribution in [0.25, 0.3) is 11.2 Å². The number of hydrogen-bond acceptors (Lipinski definition) is 7. The number of nitrogens with zero attached hydrogens (tertiary/aromatic N) is 5. The molecule has 0 spiro atoms. The number of morpholine rings is 1. The van der Waals surface area contributed by atoms with Gasteiger partial charge < -0.3 is 24.6 Å². The molecule has 5 rings (SSSR count). The Hall–Kier alpha value is -3.67. The van der Waals surface area contributed by atoms with Crippen LogP contribution in [-0.4, -0.2) is 62.4 Å². The molecule has 2 unspecified atom stereocenters. The Balaban J connectivity index is 1.65. The Labute approximate surface area is 217 Å². The first-order chi connectivity index (χ1) is 18.2. The minimum atomic E-state index is -4.44. The molecule has 0 amide bonds. The van der Waals surface area contributed by atoms with Crippen LogP contribution in [0.1, 0.15) is 47.9 Å². The number of hydrogen-bond donors (Lipinski definition) is 2. The molecule has 2 aromatic heterocycles. The molecule has 9 nitrogen and oxygen atoms in total. The molecule has 1 saturated carbocycles. The molecule has 2 fully saturated rings. The number of aromatic carboxylic acids is 1. The summed E-state index contributed by atoms with van der Waals surface area (Å²) in [6.45, 7) is 7.45. The number of nitrogens with one attached hydrogen (secondary N) is 1. The molecule has 2 atom stereocenters. The van der Waals surface area contributed by atoms with Gasteiger partial charge in [0.15, 0.2) is 11.5 Å². The van der Waals surface area contributed by atoms with Gasteiger partial charge in [-0.1, -0.05) is 24.6 Å². The average molecular weight is 531 g/mol. The van der Waals surface area contributed by atoms with Crippen molar-refractivity contribution in [2.75, 3.05) is 30.0 Å². The molecule has 1 aromatic carbocycles. The van der Waals surface area contributed by atoms with Crippen LogP contribution in [0.4, 0.5) is 24.9 Å². The van der Waals surface area contributed by atoms with E-state index in [1.807, 2.05) is 16.4 Å². The lowest BCUT2D eigenvalue weighted by molar-refractivity contribution is -0.137. The van der Waals surface area contributed by atoms with E-state index in [0.29, 0.717) is 48.5 Å². The molecular formula is C26H29F3N6O3. The second-order valence-electron chi connectivity index (χ2n) is 9.76. The number of rotatable bonds is 8. The van der Waals surface area contributed by atoms with E-state index in [9.17, 15) is 23.1 Å². The van der Waals surface area contributed by atoms with Crippen molar-refractivity contribution >= 4 is 28.9 Å². The molecule has 1 saturated heterocycles. The number of alkyl halides is 3. The maximum atomic E-state index is 13.2. The number of halogens is 3. The third-order valence-electron chi connectivity index (χ3n) is 7.31. The standard InChI is InChI=1S/C26H29F3N6O3/c1-3-19-14-38-12-11-34(19)25-33-22-20(35(25)13-16-7-9-18(10-8-16)26(27,28)29)21(31-23(32-22)24(36)37)30-15(2)17-5-4-6-17/h3,7-10,15,17,19H,1,4-6,11-14H2,2H3,(H,36,37)(H,30,31,32). The number of aromatic nitrogens is 4. The molecule has 1 aliphatic carbocycles. The van der Waals surface area contributed by atoms with Crippen molar-refractivity contribution in [3.63, 3.8) is 0 Å². The van der Waals surface area contributed by atoms with Crippen LogP contribution in [0.2, 0.25) is 0 Å². The average Bonchev–Trinajstić information content (AvgIpc) is 3.20. The Bertz CT molecular complexity index is 1340. The van der Waals surface area contributed by atoms with E-state index >= 15 is 0 Å². The van der Waals surface area contributed by atoms with Crippen LogP contribution in [-0.2, 0) is 17.5 Å². The fourth-order valence-corrected chi connectivity index (χ4v) is 4.91. The van der Waals surface area contributed by atoms with Gasteiger partial charge in [0.1, 0.15) is 5.52 Å². The van der Waals surface area contributed by atoms with E-state index in [-0.39, 0.29) is 30.1 Å². The van der Waals surface area contributed by atoms with E-state index in [2.05, 4.69) is 21.9 Å². The molecule has 202 valence electrons. The van der Waals surface area contributed by atoms with E-state index < -0.39 is 17.7 Å². The maximum Gasteiger partial charge on any atom is 0.416 e. The Morgan fingerprint density at radius 3 is 2.61 bits per heavy atom. The van der Waals surface area contributed by atoms with Crippen LogP contribution in [0.3, 0.4) is 0 Å². The summed E-state index contributed by atoms with van der Waals surface area (Å²) in [7, 11) is 0. The largest absolute Gasteiger partial charge is 0.475 e. The molecule has 38 heavy (non-hydrogen) atoms. The lowest BCUT2D eigenvalue weighted by atomic mass is 9.80. The topological polar surface area (TPSA) is 105 Å². The summed E-state index contributed by atoms with van der Waals surface area (Å²) in [5, 5.41) is 13.1. The summed E-state index contributed by atoms with van der Waals surface area (Å²) >= 11 is 0. The minimum Gasteiger partial charge on any atom is -0.475 e. The molecule has 0 radical (unpaired) electrons. The molecule has 2 aliphatic rings. The molecule has 0 bridgehead atoms. The number of ether oxygens (including phenoxy) is 1. The summed E-state index contributed by atoms with van der Waals surface area (Å²) in [6, 6.07) is 4.78. The predicted molar refractivity (Wildman–Crippen MR) is 135 cm³/mol. The summed E-state index contributed by atoms with van der Waals surface area (Å²) in [6.07, 6.45) is 0.587. The third kappa shape index (κ3) is 5.04. The van der Waals surface area contributed by atoms with Gasteiger partial charge in [-0.3, -0.25) is 0 Å². The van der Waals surface area contributed by atoms with Crippen molar-refractivity contribution in [1.29, 1.82) is 0 Å². The van der Waals surface area contributed by atoms with Crippen LogP contribution in [0.15, 0.2) is 36.9 Å². The van der Waals surface area contributed by atoms with Gasteiger partial charge in [0.25, 0.3) is 0 Å². The van der Waals surface area contributed by atoms with Crippen molar-refractivity contribution in [3.8, 4) is 0 Å². The minimum absolute atomic E-state index is 0.0330. The number of anilines is 2. The number of fused-ring (bicyclic) bond motifs is 1. The maximum absolute atomic E-state index is 13.2. The second kappa shape index (κ2) is 10.2. The number of benzene rings is 1. The van der Waals surface area contributed by atoms with E-state index in [4.69, 9.17) is 9.72 Å². The number of carbonyl (C=O) groups is 1. The van der Waals surface area contributed by atoms with Gasteiger partial charge in [0.05, 0.1) is 31.4 Å². The summed E-state index contributed by atoms with van der Waals surface area (Å²) in [5.74, 6) is -0.400. The van der Waals surface area contributed by atoms with Crippen molar-refractivity contribution in [2.24, 2.45) is 5.92 Å². The highest BCUT2D eigenvalue weighted by molar-refractivity contribution is 5.91. The first kappa shape index (κ1) is 26.0. The summed E-state index contributed by atoms with van der Waals surface area (Å²) in [4.78, 5) is 27.1. The predicted octanol–water partition coefficient (Wildman–Crippen LogP) is 4.58. The second-order valence-corrected chi connectivity index (χ2v) is 9.76. The zero-order valence-corrected chi connectivity index (χ0v) is 20.9. The summed E-state index contributed by atoms with van der Waals surface area (Å²) in [5.41, 5.74) is 0.563. The van der Waals surface area contributed by atoms with Gasteiger partial charge in [-0.15, -0.1) is 6.58 Å². The first-order valence-electron chi connectivity index (χ1n) is 12.6. The summed E-state index contributed by atoms with van der Waals surface area (Å²) < 4.78 is 46.9. The normalized spacial score (nSPS) is 19.3. The molecule has 3 aromatic rings. The van der Waals surface area contributed by atoms with Gasteiger partial charge in [0, 0.05) is 12.6 Å². The zero-order chi connectivity index (χ0) is 27.0. The van der Waals surface area contributed by atoms with Gasteiger partial charge in [-0.25, -0.2) is 14.8 Å². The van der Waals surface area contributed by atoms with Crippen molar-refractivity contribution in [2.45, 2.75) is 51.0 Å². The Morgan fingerprint density at radius 1 is 1.26 bits per heavy atom. The smallest absolute Gasteiger partial charge is 0.416 e. The van der Waals surface area contributed by atoms with Crippen molar-refractivity contribution in [1.82, 2.24) is 19.5 Å². The van der Waals surface area contributed by atoms with Crippen LogP contribution in [0, 0.1) is 5.92 Å². The fourth-order valence-electron chi connectivity index (χ4n) is 4.91. The number of carboxylic acids is 1. The number of carboxylic acid groups (broad SMARTS) is 1. The third-order valence-corrected chi connectivity index (χ3v) is 7.31. The van der Waals surface area contributed by atoms with Gasteiger partial charge in [0.2, 0.25) is 11.8 Å². The van der Waals surface area contributed by atoms with Crippen LogP contribution < -0.4 is 10.2 Å². The lowest BCUT2D eigenvalue weighted by Crippen LogP contribution is -2.45. The highest BCUT2D eigenvalue weighted by Crippen LogP contribution is 2.35. The Morgan fingerprint density at radius 2 is 2.00 bits per heavy atom. The van der Waals surface area contributed by atoms with Gasteiger partial charge in [-0.05, 0) is 43.4 Å². The van der Waals surface area contributed by atoms with Gasteiger partial charge in [-0.2, -0.15) is 18.2 Å². The number of imidazole rings is 1. The fraction of sp³-hybridized carbons (Fsp3) is 0.462. The van der Waals surface area contributed by atoms with Crippen molar-refractivity contribution in [3.05, 3.63) is 53.9 Å². The SMILES string of the molecule is C=CC1COCCN1c1nc2nc(C(=O)O)nc(NC(C)C3CCC3)c2n1Cc1ccc(C(F)(F)F)cc1. The first-order valence-corrected chi connectivity index (χ1v) is 12.6. The van der Waals surface area contributed by atoms with E-state index in [1.165, 1.54) is 12.1 Å². The molecule has 2 N–H and O–H groups in total. The molecule has 1 aliphatic heterocycles. The molecular weight excluding hydrogens is 501 g/mol. The van der Waals surface area contributed by atoms with Crippen LogP contribution >= 0.6 is 0 Å². The molecule has 3 heterocycles. The monoisotopic (exact) mass is 530 g/mol. The highest BCUT2D eigenvalue weighted by Gasteiger charge is 2.32. The van der Waals surface area contributed by atoms with Crippen LogP contribution in [0.5, 0.6) is 0 Å².